The van der Waals surface area contributed by atoms with E-state index < -0.39 is 0 Å². The number of hydrogen-bond acceptors (Lipinski definition) is 2. The van der Waals surface area contributed by atoms with Crippen molar-refractivity contribution in [3.63, 3.8) is 0 Å². The SMILES string of the molecule is COc1ccccc1CN=C(N)NC1CC(c2cccc(F)c2)C1. The lowest BCUT2D eigenvalue weighted by molar-refractivity contribution is 0.322. The average Bonchev–Trinajstić information content (AvgIpc) is 2.56. The lowest BCUT2D eigenvalue weighted by atomic mass is 9.76. The number of nitrogens with one attached hydrogen (secondary N) is 1. The van der Waals surface area contributed by atoms with E-state index in [0.717, 1.165) is 29.7 Å². The van der Waals surface area contributed by atoms with Crippen LogP contribution < -0.4 is 15.8 Å². The Bertz CT molecular complexity index is 726. The van der Waals surface area contributed by atoms with Crippen LogP contribution in [0.25, 0.3) is 0 Å². The molecule has 3 N–H and O–H groups in total. The molecule has 1 fully saturated rings. The van der Waals surface area contributed by atoms with Gasteiger partial charge in [0.2, 0.25) is 0 Å². The summed E-state index contributed by atoms with van der Waals surface area (Å²) < 4.78 is 18.6. The Kier molecular flexibility index (Phi) is 4.99. The third-order valence-electron chi connectivity index (χ3n) is 4.42. The van der Waals surface area contributed by atoms with Crippen molar-refractivity contribution >= 4 is 5.96 Å². The molecule has 0 aliphatic heterocycles. The third-order valence-corrected chi connectivity index (χ3v) is 4.42. The van der Waals surface area contributed by atoms with E-state index in [2.05, 4.69) is 10.3 Å². The van der Waals surface area contributed by atoms with Crippen LogP contribution >= 0.6 is 0 Å². The molecule has 4 nitrogen and oxygen atoms in total. The van der Waals surface area contributed by atoms with Gasteiger partial charge in [0.15, 0.2) is 5.96 Å². The highest BCUT2D eigenvalue weighted by Crippen LogP contribution is 2.36. The Morgan fingerprint density at radius 1 is 1.25 bits per heavy atom. The van der Waals surface area contributed by atoms with Crippen LogP contribution in [0.5, 0.6) is 5.75 Å². The number of ether oxygens (including phenoxy) is 1. The molecule has 1 aliphatic carbocycles. The normalized spacial score (nSPS) is 20.3. The van der Waals surface area contributed by atoms with E-state index in [4.69, 9.17) is 10.5 Å². The first-order chi connectivity index (χ1) is 11.7. The van der Waals surface area contributed by atoms with E-state index in [1.165, 1.54) is 6.07 Å². The van der Waals surface area contributed by atoms with Crippen LogP contribution in [0, 0.1) is 5.82 Å². The summed E-state index contributed by atoms with van der Waals surface area (Å²) in [7, 11) is 1.64. The molecule has 126 valence electrons. The number of benzene rings is 2. The van der Waals surface area contributed by atoms with Gasteiger partial charge in [-0.25, -0.2) is 9.38 Å². The highest BCUT2D eigenvalue weighted by molar-refractivity contribution is 5.78. The summed E-state index contributed by atoms with van der Waals surface area (Å²) in [4.78, 5) is 4.38. The quantitative estimate of drug-likeness (QED) is 0.655. The zero-order valence-electron chi connectivity index (χ0n) is 13.7. The maximum absolute atomic E-state index is 13.3. The van der Waals surface area contributed by atoms with Gasteiger partial charge >= 0.3 is 0 Å². The van der Waals surface area contributed by atoms with Gasteiger partial charge in [0.25, 0.3) is 0 Å². The Morgan fingerprint density at radius 2 is 2.04 bits per heavy atom. The Labute approximate surface area is 141 Å². The van der Waals surface area contributed by atoms with E-state index in [9.17, 15) is 4.39 Å². The van der Waals surface area contributed by atoms with Crippen molar-refractivity contribution in [2.45, 2.75) is 31.3 Å². The van der Waals surface area contributed by atoms with Crippen molar-refractivity contribution in [1.82, 2.24) is 5.32 Å². The topological polar surface area (TPSA) is 59.6 Å². The first-order valence-electron chi connectivity index (χ1n) is 8.09. The lowest BCUT2D eigenvalue weighted by Crippen LogP contribution is -2.46. The Hall–Kier alpha value is -2.56. The van der Waals surface area contributed by atoms with Crippen LogP contribution in [0.15, 0.2) is 53.5 Å². The molecule has 0 saturated heterocycles. The van der Waals surface area contributed by atoms with E-state index in [1.54, 1.807) is 19.2 Å². The molecule has 2 aromatic carbocycles. The molecular weight excluding hydrogens is 305 g/mol. The number of guanidine groups is 1. The summed E-state index contributed by atoms with van der Waals surface area (Å²) in [6, 6.07) is 14.9. The maximum Gasteiger partial charge on any atom is 0.189 e. The highest BCUT2D eigenvalue weighted by Gasteiger charge is 2.30. The number of nitrogens with zero attached hydrogens (tertiary/aromatic N) is 1. The van der Waals surface area contributed by atoms with Crippen LogP contribution in [-0.4, -0.2) is 19.1 Å². The molecule has 1 saturated carbocycles. The number of methoxy groups -OCH3 is 1. The molecule has 0 atom stereocenters. The number of nitrogens with two attached hydrogens (primary N) is 1. The van der Waals surface area contributed by atoms with Gasteiger partial charge in [-0.15, -0.1) is 0 Å². The fraction of sp³-hybridized carbons (Fsp3) is 0.316. The van der Waals surface area contributed by atoms with Crippen LogP contribution in [0.3, 0.4) is 0 Å². The van der Waals surface area contributed by atoms with Crippen LogP contribution in [0.4, 0.5) is 4.39 Å². The molecule has 0 heterocycles. The molecule has 0 aromatic heterocycles. The monoisotopic (exact) mass is 327 g/mol. The van der Waals surface area contributed by atoms with Crippen LogP contribution in [-0.2, 0) is 6.54 Å². The lowest BCUT2D eigenvalue weighted by Gasteiger charge is -2.36. The Morgan fingerprint density at radius 3 is 2.79 bits per heavy atom. The number of halogens is 1. The summed E-state index contributed by atoms with van der Waals surface area (Å²) in [5.74, 6) is 1.45. The van der Waals surface area contributed by atoms with E-state index in [-0.39, 0.29) is 5.82 Å². The van der Waals surface area contributed by atoms with Crippen molar-refractivity contribution in [2.24, 2.45) is 10.7 Å². The summed E-state index contributed by atoms with van der Waals surface area (Å²) >= 11 is 0. The van der Waals surface area contributed by atoms with Gasteiger partial charge in [-0.1, -0.05) is 30.3 Å². The molecule has 3 rings (SSSR count). The molecule has 0 unspecified atom stereocenters. The van der Waals surface area contributed by atoms with Crippen molar-refractivity contribution in [2.75, 3.05) is 7.11 Å². The van der Waals surface area contributed by atoms with Gasteiger partial charge < -0.3 is 15.8 Å². The molecule has 2 aromatic rings. The largest absolute Gasteiger partial charge is 0.496 e. The maximum atomic E-state index is 13.3. The van der Waals surface area contributed by atoms with E-state index in [0.29, 0.717) is 24.5 Å². The van der Waals surface area contributed by atoms with Crippen molar-refractivity contribution in [1.29, 1.82) is 0 Å². The molecule has 1 aliphatic rings. The Balaban J connectivity index is 1.50. The predicted octanol–water partition coefficient (Wildman–Crippen LogP) is 3.18. The number of rotatable bonds is 5. The zero-order valence-corrected chi connectivity index (χ0v) is 13.7. The van der Waals surface area contributed by atoms with Gasteiger partial charge in [0.1, 0.15) is 11.6 Å². The third kappa shape index (κ3) is 3.85. The highest BCUT2D eigenvalue weighted by atomic mass is 19.1. The first-order valence-corrected chi connectivity index (χ1v) is 8.09. The van der Waals surface area contributed by atoms with Crippen LogP contribution in [0.1, 0.15) is 29.9 Å². The molecular formula is C19H22FN3O. The molecule has 0 radical (unpaired) electrons. The van der Waals surface area contributed by atoms with Crippen LogP contribution in [0.2, 0.25) is 0 Å². The van der Waals surface area contributed by atoms with Crippen molar-refractivity contribution < 1.29 is 9.13 Å². The standard InChI is InChI=1S/C19H22FN3O/c1-24-18-8-3-2-5-14(18)12-22-19(21)23-17-10-15(11-17)13-6-4-7-16(20)9-13/h2-9,15,17H,10-12H2,1H3,(H3,21,22,23). The minimum atomic E-state index is -0.179. The summed E-state index contributed by atoms with van der Waals surface area (Å²) in [6.07, 6.45) is 1.88. The summed E-state index contributed by atoms with van der Waals surface area (Å²) in [5.41, 5.74) is 8.02. The van der Waals surface area contributed by atoms with Crippen molar-refractivity contribution in [3.05, 3.63) is 65.5 Å². The van der Waals surface area contributed by atoms with E-state index >= 15 is 0 Å². The number of hydrogen-bond donors (Lipinski definition) is 2. The molecule has 0 spiro atoms. The van der Waals surface area contributed by atoms with Crippen molar-refractivity contribution in [3.8, 4) is 5.75 Å². The number of aliphatic imine (C=N–C) groups is 1. The van der Waals surface area contributed by atoms with Gasteiger partial charge in [-0.3, -0.25) is 0 Å². The fourth-order valence-electron chi connectivity index (χ4n) is 3.03. The fourth-order valence-corrected chi connectivity index (χ4v) is 3.03. The van der Waals surface area contributed by atoms with Gasteiger partial charge in [-0.2, -0.15) is 0 Å². The summed E-state index contributed by atoms with van der Waals surface area (Å²) in [5, 5.41) is 3.23. The molecule has 0 amide bonds. The smallest absolute Gasteiger partial charge is 0.189 e. The second-order valence-corrected chi connectivity index (χ2v) is 6.08. The minimum absolute atomic E-state index is 0.179. The second kappa shape index (κ2) is 7.34. The van der Waals surface area contributed by atoms with E-state index in [1.807, 2.05) is 30.3 Å². The molecule has 5 heteroatoms. The van der Waals surface area contributed by atoms with Gasteiger partial charge in [0.05, 0.1) is 13.7 Å². The number of para-hydroxylation sites is 1. The molecule has 24 heavy (non-hydrogen) atoms. The second-order valence-electron chi connectivity index (χ2n) is 6.08. The average molecular weight is 327 g/mol. The minimum Gasteiger partial charge on any atom is -0.496 e. The summed E-state index contributed by atoms with van der Waals surface area (Å²) in [6.45, 7) is 0.475. The molecule has 0 bridgehead atoms. The zero-order chi connectivity index (χ0) is 16.9. The predicted molar refractivity (Wildman–Crippen MR) is 93.6 cm³/mol. The van der Waals surface area contributed by atoms with Gasteiger partial charge in [-0.05, 0) is 42.5 Å². The van der Waals surface area contributed by atoms with Gasteiger partial charge in [0, 0.05) is 11.6 Å². The first kappa shape index (κ1) is 16.3.